The van der Waals surface area contributed by atoms with Gasteiger partial charge in [0.25, 0.3) is 0 Å². The van der Waals surface area contributed by atoms with E-state index in [1.54, 1.807) is 0 Å². The van der Waals surface area contributed by atoms with E-state index in [0.29, 0.717) is 5.25 Å². The predicted molar refractivity (Wildman–Crippen MR) is 63.2 cm³/mol. The number of halogens is 2. The summed E-state index contributed by atoms with van der Waals surface area (Å²) in [6.07, 6.45) is 0. The lowest BCUT2D eigenvalue weighted by atomic mass is 10.5. The maximum Gasteiger partial charge on any atom is 0.0780 e. The Balaban J connectivity index is 2.39. The van der Waals surface area contributed by atoms with E-state index in [2.05, 4.69) is 49.3 Å². The minimum Gasteiger partial charge on any atom is -0.375 e. The maximum absolute atomic E-state index is 5.38. The van der Waals surface area contributed by atoms with Crippen LogP contribution in [0.3, 0.4) is 0 Å². The van der Waals surface area contributed by atoms with Gasteiger partial charge in [0.15, 0.2) is 0 Å². The average molecular weight is 382 g/mol. The summed E-state index contributed by atoms with van der Waals surface area (Å²) < 4.78 is 8.67. The Hall–Kier alpha value is 1.51. The second kappa shape index (κ2) is 5.21. The van der Waals surface area contributed by atoms with Crippen LogP contribution >= 0.6 is 56.9 Å². The molecular weight excluding hydrogens is 374 g/mol. The predicted octanol–water partition coefficient (Wildman–Crippen LogP) is 2.83. The van der Waals surface area contributed by atoms with Crippen LogP contribution in [0.2, 0.25) is 0 Å². The molecule has 0 spiro atoms. The summed E-state index contributed by atoms with van der Waals surface area (Å²) in [5.41, 5.74) is 0. The van der Waals surface area contributed by atoms with E-state index in [1.165, 1.54) is 9.33 Å². The largest absolute Gasteiger partial charge is 0.375 e. The molecule has 1 fully saturated rings. The Morgan fingerprint density at radius 3 is 3.20 bits per heavy atom. The molecule has 1 atom stereocenters. The van der Waals surface area contributed by atoms with Crippen LogP contribution in [0.4, 0.5) is 0 Å². The van der Waals surface area contributed by atoms with E-state index in [0.717, 1.165) is 13.2 Å². The monoisotopic (exact) mass is 382 g/mol. The topological polar surface area (TPSA) is 9.23 Å². The van der Waals surface area contributed by atoms with Crippen molar-refractivity contribution >= 4 is 56.9 Å². The van der Waals surface area contributed by atoms with Crippen LogP contribution in [-0.2, 0) is 4.74 Å². The highest BCUT2D eigenvalue weighted by molar-refractivity contribution is 14.1. The van der Waals surface area contributed by atoms with Crippen molar-refractivity contribution in [1.82, 2.24) is 0 Å². The highest BCUT2D eigenvalue weighted by Gasteiger charge is 2.15. The van der Waals surface area contributed by atoms with Crippen molar-refractivity contribution < 1.29 is 4.74 Å². The van der Waals surface area contributed by atoms with Crippen LogP contribution in [-0.4, -0.2) is 22.9 Å². The van der Waals surface area contributed by atoms with Gasteiger partial charge in [-0.1, -0.05) is 45.2 Å². The maximum atomic E-state index is 5.38. The summed E-state index contributed by atoms with van der Waals surface area (Å²) in [4.78, 5) is 1.37. The van der Waals surface area contributed by atoms with Gasteiger partial charge in [-0.15, -0.1) is 11.8 Å². The molecule has 1 rings (SSSR count). The third kappa shape index (κ3) is 2.86. The molecule has 0 bridgehead atoms. The standard InChI is InChI=1S/C6H8I2OS/c7-1-5-3-9-4-6(2-8)10-5/h1,6H,2-4H2/b5-1+. The van der Waals surface area contributed by atoms with E-state index in [1.807, 2.05) is 11.8 Å². The molecule has 0 saturated carbocycles. The van der Waals surface area contributed by atoms with E-state index in [9.17, 15) is 0 Å². The molecule has 0 aromatic rings. The van der Waals surface area contributed by atoms with Crippen LogP contribution in [0.1, 0.15) is 0 Å². The van der Waals surface area contributed by atoms with Gasteiger partial charge in [0.1, 0.15) is 0 Å². The highest BCUT2D eigenvalue weighted by Crippen LogP contribution is 2.28. The molecule has 4 heteroatoms. The quantitative estimate of drug-likeness (QED) is 0.510. The second-order valence-corrected chi connectivity index (χ2v) is 4.92. The van der Waals surface area contributed by atoms with Crippen LogP contribution < -0.4 is 0 Å². The van der Waals surface area contributed by atoms with Gasteiger partial charge in [-0.3, -0.25) is 0 Å². The molecule has 1 heterocycles. The summed E-state index contributed by atoms with van der Waals surface area (Å²) >= 11 is 6.62. The molecule has 1 saturated heterocycles. The molecule has 1 nitrogen and oxygen atoms in total. The van der Waals surface area contributed by atoms with Gasteiger partial charge >= 0.3 is 0 Å². The third-order valence-electron chi connectivity index (χ3n) is 1.16. The Kier molecular flexibility index (Phi) is 5.00. The van der Waals surface area contributed by atoms with Gasteiger partial charge in [0, 0.05) is 14.6 Å². The molecule has 1 aliphatic rings. The van der Waals surface area contributed by atoms with Crippen molar-refractivity contribution in [3.05, 3.63) is 8.99 Å². The summed E-state index contributed by atoms with van der Waals surface area (Å²) in [5, 5.41) is 0.676. The molecule has 0 aromatic heterocycles. The second-order valence-electron chi connectivity index (χ2n) is 1.98. The molecule has 58 valence electrons. The van der Waals surface area contributed by atoms with Crippen LogP contribution in [0.15, 0.2) is 8.99 Å². The van der Waals surface area contributed by atoms with Crippen LogP contribution in [0, 0.1) is 0 Å². The molecular formula is C6H8I2OS. The van der Waals surface area contributed by atoms with Crippen LogP contribution in [0.5, 0.6) is 0 Å². The summed E-state index contributed by atoms with van der Waals surface area (Å²) in [6.45, 7) is 1.74. The number of alkyl halides is 1. The first-order valence-electron chi connectivity index (χ1n) is 2.96. The lowest BCUT2D eigenvalue weighted by molar-refractivity contribution is 0.160. The fourth-order valence-electron chi connectivity index (χ4n) is 0.706. The number of ether oxygens (including phenoxy) is 1. The minimum atomic E-state index is 0.676. The molecule has 1 unspecified atom stereocenters. The van der Waals surface area contributed by atoms with Crippen molar-refractivity contribution in [1.29, 1.82) is 0 Å². The zero-order chi connectivity index (χ0) is 7.40. The van der Waals surface area contributed by atoms with E-state index < -0.39 is 0 Å². The van der Waals surface area contributed by atoms with Gasteiger partial charge in [-0.05, 0) is 4.08 Å². The molecule has 0 aromatic carbocycles. The molecule has 10 heavy (non-hydrogen) atoms. The fourth-order valence-corrected chi connectivity index (χ4v) is 2.98. The van der Waals surface area contributed by atoms with Crippen LogP contribution in [0.25, 0.3) is 0 Å². The van der Waals surface area contributed by atoms with E-state index in [4.69, 9.17) is 4.74 Å². The van der Waals surface area contributed by atoms with Crippen molar-refractivity contribution in [3.63, 3.8) is 0 Å². The summed E-state index contributed by atoms with van der Waals surface area (Å²) in [6, 6.07) is 0. The molecule has 0 radical (unpaired) electrons. The van der Waals surface area contributed by atoms with Gasteiger partial charge in [0.2, 0.25) is 0 Å². The number of hydrogen-bond acceptors (Lipinski definition) is 2. The molecule has 0 aliphatic carbocycles. The summed E-state index contributed by atoms with van der Waals surface area (Å²) in [7, 11) is 0. The smallest absolute Gasteiger partial charge is 0.0780 e. The first kappa shape index (κ1) is 9.60. The Morgan fingerprint density at radius 1 is 1.80 bits per heavy atom. The van der Waals surface area contributed by atoms with Crippen molar-refractivity contribution in [2.24, 2.45) is 0 Å². The van der Waals surface area contributed by atoms with Gasteiger partial charge in [-0.2, -0.15) is 0 Å². The number of rotatable bonds is 1. The highest BCUT2D eigenvalue weighted by atomic mass is 127. The first-order chi connectivity index (χ1) is 4.86. The molecule has 0 N–H and O–H groups in total. The normalized spacial score (nSPS) is 31.0. The third-order valence-corrected chi connectivity index (χ3v) is 5.17. The van der Waals surface area contributed by atoms with Gasteiger partial charge in [-0.25, -0.2) is 0 Å². The van der Waals surface area contributed by atoms with Gasteiger partial charge < -0.3 is 4.74 Å². The van der Waals surface area contributed by atoms with Crippen molar-refractivity contribution in [3.8, 4) is 0 Å². The Morgan fingerprint density at radius 2 is 2.60 bits per heavy atom. The fraction of sp³-hybridized carbons (Fsp3) is 0.667. The summed E-state index contributed by atoms with van der Waals surface area (Å²) in [5.74, 6) is 0. The first-order valence-corrected chi connectivity index (χ1v) is 6.61. The zero-order valence-electron chi connectivity index (χ0n) is 5.35. The minimum absolute atomic E-state index is 0.676. The molecule has 1 aliphatic heterocycles. The molecule has 0 amide bonds. The van der Waals surface area contributed by atoms with E-state index >= 15 is 0 Å². The lowest BCUT2D eigenvalue weighted by Gasteiger charge is -2.21. The van der Waals surface area contributed by atoms with Crippen molar-refractivity contribution in [2.75, 3.05) is 17.6 Å². The average Bonchev–Trinajstić information content (AvgIpc) is 2.05. The van der Waals surface area contributed by atoms with E-state index in [-0.39, 0.29) is 0 Å². The SMILES string of the molecule is I/C=C1\COCC(CI)S1. The zero-order valence-corrected chi connectivity index (χ0v) is 10.5. The van der Waals surface area contributed by atoms with Crippen molar-refractivity contribution in [2.45, 2.75) is 5.25 Å². The Bertz CT molecular complexity index is 138. The number of thioether (sulfide) groups is 1. The lowest BCUT2D eigenvalue weighted by Crippen LogP contribution is -2.20. The number of hydrogen-bond donors (Lipinski definition) is 0. The Labute approximate surface area is 92.6 Å². The van der Waals surface area contributed by atoms with Gasteiger partial charge in [0.05, 0.1) is 13.2 Å².